The quantitative estimate of drug-likeness (QED) is 0.743. The topological polar surface area (TPSA) is 51.8 Å². The largest absolute Gasteiger partial charge is 0.381 e. The Kier molecular flexibility index (Phi) is 2.54. The molecule has 0 radical (unpaired) electrons. The maximum Gasteiger partial charge on any atom is 0.172 e. The second kappa shape index (κ2) is 3.06. The maximum absolute atomic E-state index is 5.56. The zero-order chi connectivity index (χ0) is 7.72. The summed E-state index contributed by atoms with van der Waals surface area (Å²) in [5, 5.41) is 0.421. The fraction of sp³-hybridized carbons (Fsp3) is 0. The summed E-state index contributed by atoms with van der Waals surface area (Å²) in [5.41, 5.74) is 5.32. The smallest absolute Gasteiger partial charge is 0.172 e. The van der Waals surface area contributed by atoms with Gasteiger partial charge in [0.2, 0.25) is 0 Å². The summed E-state index contributed by atoms with van der Waals surface area (Å²) in [4.78, 5) is 7.52. The lowest BCUT2D eigenvalue weighted by Crippen LogP contribution is -1.96. The monoisotopic (exact) mass is 289 g/mol. The lowest BCUT2D eigenvalue weighted by atomic mass is 10.7. The Balaban J connectivity index is 3.28. The number of nitrogen functional groups attached to an aromatic ring is 1. The number of rotatable bonds is 0. The van der Waals surface area contributed by atoms with Gasteiger partial charge in [0.25, 0.3) is 0 Å². The van der Waals surface area contributed by atoms with Crippen molar-refractivity contribution in [1.82, 2.24) is 9.97 Å². The van der Waals surface area contributed by atoms with Gasteiger partial charge in [-0.05, 0) is 22.6 Å². The van der Waals surface area contributed by atoms with Gasteiger partial charge in [-0.25, -0.2) is 9.97 Å². The van der Waals surface area contributed by atoms with Gasteiger partial charge in [0, 0.05) is 0 Å². The average Bonchev–Trinajstić information content (AvgIpc) is 1.84. The van der Waals surface area contributed by atoms with Crippen LogP contribution in [0.5, 0.6) is 0 Å². The number of halogens is 3. The normalized spacial score (nSPS) is 9.90. The Bertz CT molecular complexity index is 215. The van der Waals surface area contributed by atoms with E-state index >= 15 is 0 Å². The lowest BCUT2D eigenvalue weighted by Gasteiger charge is -1.97. The van der Waals surface area contributed by atoms with Gasteiger partial charge < -0.3 is 5.73 Å². The van der Waals surface area contributed by atoms with E-state index in [1.54, 1.807) is 0 Å². The molecule has 0 amide bonds. The van der Waals surface area contributed by atoms with Crippen LogP contribution in [0.15, 0.2) is 0 Å². The van der Waals surface area contributed by atoms with Crippen LogP contribution in [0.25, 0.3) is 0 Å². The van der Waals surface area contributed by atoms with E-state index in [0.29, 0.717) is 3.70 Å². The summed E-state index contributed by atoms with van der Waals surface area (Å²) in [6.45, 7) is 0. The molecule has 0 aliphatic rings. The molecule has 0 aliphatic carbocycles. The summed E-state index contributed by atoms with van der Waals surface area (Å²) in [6.07, 6.45) is 0. The Morgan fingerprint density at radius 3 is 2.30 bits per heavy atom. The molecule has 54 valence electrons. The first kappa shape index (κ1) is 8.29. The van der Waals surface area contributed by atoms with Crippen molar-refractivity contribution in [1.29, 1.82) is 0 Å². The van der Waals surface area contributed by atoms with Crippen molar-refractivity contribution >= 4 is 51.6 Å². The molecule has 6 heteroatoms. The molecule has 0 saturated heterocycles. The van der Waals surface area contributed by atoms with Crippen molar-refractivity contribution < 1.29 is 0 Å². The third-order valence-electron chi connectivity index (χ3n) is 0.797. The SMILES string of the molecule is Nc1nc(I)c(Cl)nc1Cl. The van der Waals surface area contributed by atoms with E-state index in [1.165, 1.54) is 0 Å². The Hall–Kier alpha value is 0.190. The molecule has 1 aromatic heterocycles. The van der Waals surface area contributed by atoms with Crippen LogP contribution in [-0.2, 0) is 0 Å². The molecule has 0 spiro atoms. The van der Waals surface area contributed by atoms with Crippen LogP contribution in [0, 0.1) is 3.70 Å². The molecule has 1 heterocycles. The zero-order valence-corrected chi connectivity index (χ0v) is 8.28. The van der Waals surface area contributed by atoms with Gasteiger partial charge in [-0.15, -0.1) is 0 Å². The number of aromatic nitrogens is 2. The van der Waals surface area contributed by atoms with Crippen LogP contribution >= 0.6 is 45.8 Å². The van der Waals surface area contributed by atoms with E-state index in [2.05, 4.69) is 9.97 Å². The molecule has 0 fully saturated rings. The van der Waals surface area contributed by atoms with Crippen molar-refractivity contribution in [2.24, 2.45) is 0 Å². The molecule has 0 aromatic carbocycles. The first-order chi connectivity index (χ1) is 4.61. The first-order valence-corrected chi connectivity index (χ1v) is 4.08. The van der Waals surface area contributed by atoms with E-state index in [0.717, 1.165) is 0 Å². The summed E-state index contributed by atoms with van der Waals surface area (Å²) >= 11 is 13.0. The average molecular weight is 290 g/mol. The predicted octanol–water partition coefficient (Wildman–Crippen LogP) is 1.97. The van der Waals surface area contributed by atoms with Gasteiger partial charge in [0.05, 0.1) is 0 Å². The number of anilines is 1. The summed E-state index contributed by atoms with van der Waals surface area (Å²) in [6, 6.07) is 0. The molecule has 0 aliphatic heterocycles. The van der Waals surface area contributed by atoms with Gasteiger partial charge in [-0.3, -0.25) is 0 Å². The van der Waals surface area contributed by atoms with Gasteiger partial charge in [-0.2, -0.15) is 0 Å². The summed E-state index contributed by atoms with van der Waals surface area (Å²) in [5.74, 6) is 0.204. The number of hydrogen-bond acceptors (Lipinski definition) is 3. The molecule has 10 heavy (non-hydrogen) atoms. The molecule has 0 unspecified atom stereocenters. The molecule has 2 N–H and O–H groups in total. The van der Waals surface area contributed by atoms with Crippen molar-refractivity contribution in [2.45, 2.75) is 0 Å². The minimum Gasteiger partial charge on any atom is -0.381 e. The van der Waals surface area contributed by atoms with E-state index in [9.17, 15) is 0 Å². The Morgan fingerprint density at radius 2 is 1.80 bits per heavy atom. The molecule has 1 rings (SSSR count). The standard InChI is InChI=1S/C4H2Cl2IN3/c5-1-3(7)10-4(8)2(6)9-1/h(H2,8,10). The van der Waals surface area contributed by atoms with Gasteiger partial charge >= 0.3 is 0 Å². The van der Waals surface area contributed by atoms with Crippen molar-refractivity contribution in [3.63, 3.8) is 0 Å². The minimum absolute atomic E-state index is 0.144. The molecular formula is C4H2Cl2IN3. The fourth-order valence-corrected chi connectivity index (χ4v) is 1.06. The molecule has 0 saturated carbocycles. The highest BCUT2D eigenvalue weighted by molar-refractivity contribution is 14.1. The van der Waals surface area contributed by atoms with Crippen LogP contribution in [0.4, 0.5) is 5.82 Å². The maximum atomic E-state index is 5.56. The van der Waals surface area contributed by atoms with Crippen LogP contribution in [0.2, 0.25) is 10.3 Å². The van der Waals surface area contributed by atoms with Crippen LogP contribution in [0.1, 0.15) is 0 Å². The van der Waals surface area contributed by atoms with Gasteiger partial charge in [0.15, 0.2) is 16.1 Å². The van der Waals surface area contributed by atoms with E-state index < -0.39 is 0 Å². The van der Waals surface area contributed by atoms with Crippen LogP contribution in [-0.4, -0.2) is 9.97 Å². The van der Waals surface area contributed by atoms with E-state index in [-0.39, 0.29) is 16.1 Å². The lowest BCUT2D eigenvalue weighted by molar-refractivity contribution is 1.17. The zero-order valence-electron chi connectivity index (χ0n) is 4.61. The number of nitrogens with zero attached hydrogens (tertiary/aromatic N) is 2. The molecule has 3 nitrogen and oxygen atoms in total. The third kappa shape index (κ3) is 1.62. The fourth-order valence-electron chi connectivity index (χ4n) is 0.388. The number of nitrogens with two attached hydrogens (primary N) is 1. The third-order valence-corrected chi connectivity index (χ3v) is 2.41. The van der Waals surface area contributed by atoms with Crippen LogP contribution < -0.4 is 5.73 Å². The highest BCUT2D eigenvalue weighted by atomic mass is 127. The van der Waals surface area contributed by atoms with Gasteiger partial charge in [-0.1, -0.05) is 23.2 Å². The second-order valence-corrected chi connectivity index (χ2v) is 3.22. The highest BCUT2D eigenvalue weighted by Crippen LogP contribution is 2.20. The van der Waals surface area contributed by atoms with Crippen LogP contribution in [0.3, 0.4) is 0 Å². The Morgan fingerprint density at radius 1 is 1.20 bits per heavy atom. The first-order valence-electron chi connectivity index (χ1n) is 2.25. The molecule has 0 bridgehead atoms. The van der Waals surface area contributed by atoms with Crippen molar-refractivity contribution in [3.8, 4) is 0 Å². The minimum atomic E-state index is 0.144. The highest BCUT2D eigenvalue weighted by Gasteiger charge is 2.04. The second-order valence-electron chi connectivity index (χ2n) is 1.48. The van der Waals surface area contributed by atoms with E-state index in [1.807, 2.05) is 22.6 Å². The summed E-state index contributed by atoms with van der Waals surface area (Å²) in [7, 11) is 0. The summed E-state index contributed by atoms with van der Waals surface area (Å²) < 4.78 is 0.557. The van der Waals surface area contributed by atoms with Crippen molar-refractivity contribution in [3.05, 3.63) is 14.0 Å². The molecule has 0 atom stereocenters. The molecular weight excluding hydrogens is 288 g/mol. The van der Waals surface area contributed by atoms with Crippen molar-refractivity contribution in [2.75, 3.05) is 5.73 Å². The Labute approximate surface area is 81.1 Å². The van der Waals surface area contributed by atoms with Gasteiger partial charge in [0.1, 0.15) is 3.70 Å². The number of hydrogen-bond donors (Lipinski definition) is 1. The predicted molar refractivity (Wildman–Crippen MR) is 49.2 cm³/mol. The van der Waals surface area contributed by atoms with E-state index in [4.69, 9.17) is 28.9 Å². The molecule has 1 aromatic rings.